The molecule has 0 saturated heterocycles. The number of allylic oxidation sites excluding steroid dienone is 1. The van der Waals surface area contributed by atoms with Gasteiger partial charge in [-0.1, -0.05) is 48.6 Å². The molecule has 2 bridgehead atoms. The molecule has 1 saturated carbocycles. The number of hydrogen-bond donors (Lipinski definition) is 0. The number of ether oxygens (including phenoxy) is 2. The van der Waals surface area contributed by atoms with Crippen LogP contribution in [0.5, 0.6) is 5.75 Å². The van der Waals surface area contributed by atoms with E-state index in [-0.39, 0.29) is 23.7 Å². The van der Waals surface area contributed by atoms with Gasteiger partial charge in [-0.05, 0) is 30.5 Å². The minimum absolute atomic E-state index is 0.0659. The molecule has 2 unspecified atom stereocenters. The molecule has 3 aliphatic rings. The number of cyclic esters (lactones) is 1. The quantitative estimate of drug-likeness (QED) is 0.629. The van der Waals surface area contributed by atoms with Crippen molar-refractivity contribution in [3.63, 3.8) is 0 Å². The molecule has 0 radical (unpaired) electrons. The summed E-state index contributed by atoms with van der Waals surface area (Å²) in [6.07, 6.45) is 5.27. The van der Waals surface area contributed by atoms with E-state index in [1.807, 2.05) is 54.6 Å². The minimum atomic E-state index is -0.890. The van der Waals surface area contributed by atoms with Crippen molar-refractivity contribution in [2.45, 2.75) is 17.9 Å². The highest BCUT2D eigenvalue weighted by molar-refractivity contribution is 6.09. The minimum Gasteiger partial charge on any atom is -0.496 e. The van der Waals surface area contributed by atoms with Crippen molar-refractivity contribution in [1.82, 2.24) is 0 Å². The van der Waals surface area contributed by atoms with Crippen molar-refractivity contribution in [3.05, 3.63) is 77.9 Å². The number of esters is 1. The van der Waals surface area contributed by atoms with Gasteiger partial charge < -0.3 is 9.47 Å². The van der Waals surface area contributed by atoms with Crippen LogP contribution in [0.4, 0.5) is 0 Å². The Labute approximate surface area is 152 Å². The normalized spacial score (nSPS) is 31.3. The maximum Gasteiger partial charge on any atom is 0.342 e. The summed E-state index contributed by atoms with van der Waals surface area (Å²) < 4.78 is 11.3. The predicted molar refractivity (Wildman–Crippen MR) is 98.3 cm³/mol. The molecule has 4 heteroatoms. The summed E-state index contributed by atoms with van der Waals surface area (Å²) in [6.45, 7) is 0. The van der Waals surface area contributed by atoms with Gasteiger partial charge in [0.2, 0.25) is 5.90 Å². The molecule has 4 atom stereocenters. The van der Waals surface area contributed by atoms with Crippen LogP contribution < -0.4 is 4.74 Å². The third-order valence-electron chi connectivity index (χ3n) is 5.88. The molecule has 1 heterocycles. The second kappa shape index (κ2) is 5.56. The van der Waals surface area contributed by atoms with Crippen molar-refractivity contribution in [3.8, 4) is 5.75 Å². The van der Waals surface area contributed by atoms with Gasteiger partial charge in [0, 0.05) is 23.0 Å². The molecule has 5 rings (SSSR count). The van der Waals surface area contributed by atoms with Crippen molar-refractivity contribution < 1.29 is 14.3 Å². The number of methoxy groups -OCH3 is 1. The van der Waals surface area contributed by atoms with E-state index in [9.17, 15) is 4.79 Å². The maximum absolute atomic E-state index is 13.1. The Morgan fingerprint density at radius 2 is 1.85 bits per heavy atom. The molecule has 26 heavy (non-hydrogen) atoms. The molecule has 1 spiro atoms. The molecule has 2 aromatic carbocycles. The van der Waals surface area contributed by atoms with Gasteiger partial charge in [-0.3, -0.25) is 0 Å². The fourth-order valence-electron chi connectivity index (χ4n) is 4.79. The van der Waals surface area contributed by atoms with Gasteiger partial charge >= 0.3 is 5.97 Å². The highest BCUT2D eigenvalue weighted by Gasteiger charge is 2.65. The zero-order valence-electron chi connectivity index (χ0n) is 14.5. The Bertz CT molecular complexity index is 933. The van der Waals surface area contributed by atoms with Gasteiger partial charge in [0.25, 0.3) is 0 Å². The van der Waals surface area contributed by atoms with Gasteiger partial charge in [-0.15, -0.1) is 0 Å². The number of benzene rings is 2. The lowest BCUT2D eigenvalue weighted by Crippen LogP contribution is -2.44. The lowest BCUT2D eigenvalue weighted by molar-refractivity contribution is -0.140. The fraction of sp³-hybridized carbons (Fsp3) is 0.273. The van der Waals surface area contributed by atoms with Gasteiger partial charge in [0.05, 0.1) is 7.11 Å². The lowest BCUT2D eigenvalue weighted by Gasteiger charge is -2.33. The van der Waals surface area contributed by atoms with E-state index in [4.69, 9.17) is 14.5 Å². The van der Waals surface area contributed by atoms with Crippen LogP contribution in [0.3, 0.4) is 0 Å². The number of carbonyl (C=O) groups is 1. The van der Waals surface area contributed by atoms with E-state index < -0.39 is 5.54 Å². The van der Waals surface area contributed by atoms with Crippen LogP contribution in [0, 0.1) is 11.8 Å². The third kappa shape index (κ3) is 1.96. The third-order valence-corrected chi connectivity index (χ3v) is 5.88. The Morgan fingerprint density at radius 3 is 2.65 bits per heavy atom. The molecule has 2 aliphatic carbocycles. The average Bonchev–Trinajstić information content (AvgIpc) is 3.37. The van der Waals surface area contributed by atoms with E-state index in [0.29, 0.717) is 5.90 Å². The van der Waals surface area contributed by atoms with Crippen molar-refractivity contribution in [1.29, 1.82) is 0 Å². The number of hydrogen-bond acceptors (Lipinski definition) is 4. The SMILES string of the molecule is COc1ccccc1[C@@H]1C2C=CC(C2)[C@]12N=C(c1ccccc1)OC2=O. The van der Waals surface area contributed by atoms with Crippen LogP contribution in [0.1, 0.15) is 23.5 Å². The number of fused-ring (bicyclic) bond motifs is 3. The second-order valence-electron chi connectivity index (χ2n) is 7.11. The zero-order valence-corrected chi connectivity index (χ0v) is 14.5. The first-order valence-electron chi connectivity index (χ1n) is 8.93. The molecule has 4 nitrogen and oxygen atoms in total. The molecule has 0 N–H and O–H groups in total. The molecule has 0 aromatic heterocycles. The molecule has 130 valence electrons. The number of para-hydroxylation sites is 1. The Kier molecular flexibility index (Phi) is 3.29. The monoisotopic (exact) mass is 345 g/mol. The van der Waals surface area contributed by atoms with Crippen LogP contribution in [-0.4, -0.2) is 24.5 Å². The van der Waals surface area contributed by atoms with Gasteiger partial charge in [0.1, 0.15) is 5.75 Å². The molecule has 2 aromatic rings. The number of rotatable bonds is 3. The van der Waals surface area contributed by atoms with Gasteiger partial charge in [0.15, 0.2) is 5.54 Å². The molecule has 1 aliphatic heterocycles. The Morgan fingerprint density at radius 1 is 1.08 bits per heavy atom. The van der Waals surface area contributed by atoms with Crippen molar-refractivity contribution >= 4 is 11.9 Å². The first-order valence-corrected chi connectivity index (χ1v) is 8.93. The van der Waals surface area contributed by atoms with Crippen molar-refractivity contribution in [2.75, 3.05) is 7.11 Å². The molecule has 0 amide bonds. The van der Waals surface area contributed by atoms with Gasteiger partial charge in [-0.2, -0.15) is 0 Å². The van der Waals surface area contributed by atoms with Crippen LogP contribution in [0.15, 0.2) is 71.7 Å². The summed E-state index contributed by atoms with van der Waals surface area (Å²) in [6, 6.07) is 17.6. The molecular weight excluding hydrogens is 326 g/mol. The summed E-state index contributed by atoms with van der Waals surface area (Å²) in [5.74, 6) is 1.25. The fourth-order valence-corrected chi connectivity index (χ4v) is 4.79. The highest BCUT2D eigenvalue weighted by Crippen LogP contribution is 2.60. The first kappa shape index (κ1) is 15.4. The molecular formula is C22H19NO3. The van der Waals surface area contributed by atoms with E-state index >= 15 is 0 Å². The predicted octanol–water partition coefficient (Wildman–Crippen LogP) is 3.73. The van der Waals surface area contributed by atoms with Crippen molar-refractivity contribution in [2.24, 2.45) is 16.8 Å². The van der Waals surface area contributed by atoms with Crippen LogP contribution in [0.25, 0.3) is 0 Å². The Hall–Kier alpha value is -2.88. The summed E-state index contributed by atoms with van der Waals surface area (Å²) in [4.78, 5) is 18.1. The van der Waals surface area contributed by atoms with Crippen LogP contribution >= 0.6 is 0 Å². The standard InChI is InChI=1S/C22H19NO3/c1-25-18-10-6-5-9-17(18)19-15-11-12-16(13-15)22(19)21(24)26-20(23-22)14-7-3-2-4-8-14/h2-12,15-16,19H,13H2,1H3/t15?,16?,19-,22-/m0/s1. The van der Waals surface area contributed by atoms with E-state index in [0.717, 1.165) is 23.3 Å². The van der Waals surface area contributed by atoms with E-state index in [1.54, 1.807) is 7.11 Å². The van der Waals surface area contributed by atoms with E-state index in [2.05, 4.69) is 12.2 Å². The van der Waals surface area contributed by atoms with Gasteiger partial charge in [-0.25, -0.2) is 9.79 Å². The second-order valence-corrected chi connectivity index (χ2v) is 7.11. The summed E-state index contributed by atoms with van der Waals surface area (Å²) in [5.41, 5.74) is 0.976. The van der Waals surface area contributed by atoms with E-state index in [1.165, 1.54) is 0 Å². The lowest BCUT2D eigenvalue weighted by atomic mass is 9.72. The van der Waals surface area contributed by atoms with Crippen LogP contribution in [0.2, 0.25) is 0 Å². The zero-order chi connectivity index (χ0) is 17.7. The topological polar surface area (TPSA) is 47.9 Å². The average molecular weight is 345 g/mol. The number of nitrogens with zero attached hydrogens (tertiary/aromatic N) is 1. The summed E-state index contributed by atoms with van der Waals surface area (Å²) >= 11 is 0. The summed E-state index contributed by atoms with van der Waals surface area (Å²) in [7, 11) is 1.67. The smallest absolute Gasteiger partial charge is 0.342 e. The number of aliphatic imine (C=N–C) groups is 1. The Balaban J connectivity index is 1.68. The maximum atomic E-state index is 13.1. The highest BCUT2D eigenvalue weighted by atomic mass is 16.6. The molecule has 1 fully saturated rings. The largest absolute Gasteiger partial charge is 0.496 e. The van der Waals surface area contributed by atoms with Crippen LogP contribution in [-0.2, 0) is 9.53 Å². The summed E-state index contributed by atoms with van der Waals surface area (Å²) in [5, 5.41) is 0. The first-order chi connectivity index (χ1) is 12.7. The number of carbonyl (C=O) groups excluding carboxylic acids is 1.